The fourth-order valence-corrected chi connectivity index (χ4v) is 6.12. The second-order valence-electron chi connectivity index (χ2n) is 8.78. The Morgan fingerprint density at radius 1 is 1.08 bits per heavy atom. The molecule has 0 radical (unpaired) electrons. The first-order valence-electron chi connectivity index (χ1n) is 10.3. The van der Waals surface area contributed by atoms with E-state index >= 15 is 0 Å². The van der Waals surface area contributed by atoms with E-state index < -0.39 is 0 Å². The van der Waals surface area contributed by atoms with Crippen LogP contribution in [0.2, 0.25) is 0 Å². The lowest BCUT2D eigenvalue weighted by Gasteiger charge is -2.56. The van der Waals surface area contributed by atoms with Gasteiger partial charge in [0.1, 0.15) is 5.75 Å². The van der Waals surface area contributed by atoms with Crippen molar-refractivity contribution in [3.63, 3.8) is 0 Å². The lowest BCUT2D eigenvalue weighted by Crippen LogP contribution is -2.59. The maximum Gasteiger partial charge on any atom is 0.119 e. The van der Waals surface area contributed by atoms with Gasteiger partial charge in [0.2, 0.25) is 0 Å². The highest BCUT2D eigenvalue weighted by Gasteiger charge is 2.51. The summed E-state index contributed by atoms with van der Waals surface area (Å²) in [5.41, 5.74) is 3.71. The van der Waals surface area contributed by atoms with E-state index in [1.165, 1.54) is 70.8 Å². The van der Waals surface area contributed by atoms with Crippen LogP contribution in [-0.2, 0) is 11.8 Å². The third-order valence-corrected chi connectivity index (χ3v) is 7.64. The van der Waals surface area contributed by atoms with E-state index in [2.05, 4.69) is 23.5 Å². The molecule has 2 saturated carbocycles. The Balaban J connectivity index is 1.40. The summed E-state index contributed by atoms with van der Waals surface area (Å²) in [7, 11) is 0. The molecule has 5 rings (SSSR count). The second kappa shape index (κ2) is 6.05. The van der Waals surface area contributed by atoms with Crippen molar-refractivity contribution >= 4 is 0 Å². The molecule has 3 atom stereocenters. The third-order valence-electron chi connectivity index (χ3n) is 7.64. The fourth-order valence-electron chi connectivity index (χ4n) is 6.12. The van der Waals surface area contributed by atoms with Crippen molar-refractivity contribution in [2.45, 2.75) is 75.7 Å². The summed E-state index contributed by atoms with van der Waals surface area (Å²) in [6.07, 6.45) is 13.7. The Morgan fingerprint density at radius 2 is 2.04 bits per heavy atom. The Labute approximate surface area is 146 Å². The average Bonchev–Trinajstić information content (AvgIpc) is 2.57. The number of rotatable bonds is 4. The molecule has 2 bridgehead atoms. The summed E-state index contributed by atoms with van der Waals surface area (Å²) in [6.45, 7) is 2.11. The second-order valence-corrected chi connectivity index (χ2v) is 8.78. The maximum atomic E-state index is 6.18. The zero-order chi connectivity index (χ0) is 16.0. The zero-order valence-electron chi connectivity index (χ0n) is 14.9. The third kappa shape index (κ3) is 2.41. The van der Waals surface area contributed by atoms with Crippen LogP contribution in [0.15, 0.2) is 18.2 Å². The average molecular weight is 325 g/mol. The molecule has 2 nitrogen and oxygen atoms in total. The van der Waals surface area contributed by atoms with Crippen LogP contribution in [0, 0.1) is 11.8 Å². The maximum absolute atomic E-state index is 6.18. The minimum absolute atomic E-state index is 0.453. The molecule has 2 heteroatoms. The van der Waals surface area contributed by atoms with E-state index in [1.54, 1.807) is 11.1 Å². The lowest BCUT2D eigenvalue weighted by molar-refractivity contribution is 0.0794. The van der Waals surface area contributed by atoms with E-state index in [-0.39, 0.29) is 0 Å². The summed E-state index contributed by atoms with van der Waals surface area (Å²) < 4.78 is 6.18. The van der Waals surface area contributed by atoms with Gasteiger partial charge in [0.15, 0.2) is 0 Å². The Hall–Kier alpha value is -1.02. The molecule has 1 aromatic rings. The van der Waals surface area contributed by atoms with Gasteiger partial charge < -0.3 is 10.1 Å². The van der Waals surface area contributed by atoms with Crippen LogP contribution < -0.4 is 10.1 Å². The Kier molecular flexibility index (Phi) is 3.85. The minimum atomic E-state index is 0.453. The van der Waals surface area contributed by atoms with Crippen LogP contribution in [0.5, 0.6) is 5.75 Å². The molecule has 0 amide bonds. The SMILES string of the molecule is c1cc2c(cc1OCCC1CCC1)[C@@]13CCCC[C@H]1[C@@H](C2)NCC3. The van der Waals surface area contributed by atoms with E-state index in [0.29, 0.717) is 5.41 Å². The van der Waals surface area contributed by atoms with Gasteiger partial charge in [0, 0.05) is 11.5 Å². The van der Waals surface area contributed by atoms with Gasteiger partial charge in [-0.25, -0.2) is 0 Å². The number of hydrogen-bond acceptors (Lipinski definition) is 2. The van der Waals surface area contributed by atoms with Crippen molar-refractivity contribution in [2.24, 2.45) is 11.8 Å². The molecule has 3 aliphatic carbocycles. The Morgan fingerprint density at radius 3 is 2.92 bits per heavy atom. The molecule has 0 spiro atoms. The molecule has 1 aromatic carbocycles. The molecule has 24 heavy (non-hydrogen) atoms. The molecule has 130 valence electrons. The van der Waals surface area contributed by atoms with E-state index in [9.17, 15) is 0 Å². The molecular weight excluding hydrogens is 294 g/mol. The molecule has 3 fully saturated rings. The summed E-state index contributed by atoms with van der Waals surface area (Å²) in [5, 5.41) is 3.83. The van der Waals surface area contributed by atoms with Crippen molar-refractivity contribution < 1.29 is 4.74 Å². The number of nitrogens with one attached hydrogen (secondary N) is 1. The first-order chi connectivity index (χ1) is 11.9. The molecule has 1 heterocycles. The van der Waals surface area contributed by atoms with Gasteiger partial charge in [0.25, 0.3) is 0 Å². The molecule has 1 aliphatic heterocycles. The van der Waals surface area contributed by atoms with Gasteiger partial charge in [-0.05, 0) is 73.7 Å². The van der Waals surface area contributed by atoms with Crippen LogP contribution in [0.3, 0.4) is 0 Å². The highest BCUT2D eigenvalue weighted by molar-refractivity contribution is 5.45. The number of hydrogen-bond donors (Lipinski definition) is 1. The normalized spacial score (nSPS) is 34.8. The minimum Gasteiger partial charge on any atom is -0.494 e. The van der Waals surface area contributed by atoms with Gasteiger partial charge in [-0.15, -0.1) is 0 Å². The first-order valence-corrected chi connectivity index (χ1v) is 10.3. The molecule has 0 aromatic heterocycles. The zero-order valence-corrected chi connectivity index (χ0v) is 14.9. The van der Waals surface area contributed by atoms with Crippen LogP contribution in [0.4, 0.5) is 0 Å². The van der Waals surface area contributed by atoms with E-state index in [1.807, 2.05) is 0 Å². The van der Waals surface area contributed by atoms with E-state index in [0.717, 1.165) is 30.2 Å². The van der Waals surface area contributed by atoms with Crippen LogP contribution in [0.25, 0.3) is 0 Å². The largest absolute Gasteiger partial charge is 0.494 e. The summed E-state index contributed by atoms with van der Waals surface area (Å²) in [4.78, 5) is 0. The van der Waals surface area contributed by atoms with Crippen molar-refractivity contribution in [1.82, 2.24) is 5.32 Å². The van der Waals surface area contributed by atoms with Gasteiger partial charge in [0.05, 0.1) is 6.61 Å². The molecule has 1 N–H and O–H groups in total. The van der Waals surface area contributed by atoms with E-state index in [4.69, 9.17) is 4.74 Å². The van der Waals surface area contributed by atoms with Gasteiger partial charge >= 0.3 is 0 Å². The van der Waals surface area contributed by atoms with Crippen molar-refractivity contribution in [3.8, 4) is 5.75 Å². The van der Waals surface area contributed by atoms with Crippen LogP contribution >= 0.6 is 0 Å². The molecular formula is C22H31NO. The summed E-state index contributed by atoms with van der Waals surface area (Å²) in [5.74, 6) is 2.93. The number of fused-ring (bicyclic) bond motifs is 1. The van der Waals surface area contributed by atoms with Gasteiger partial charge in [-0.1, -0.05) is 38.2 Å². The highest BCUT2D eigenvalue weighted by atomic mass is 16.5. The molecule has 4 aliphatic rings. The Bertz CT molecular complexity index is 604. The first kappa shape index (κ1) is 15.3. The van der Waals surface area contributed by atoms with Crippen LogP contribution in [0.1, 0.15) is 68.9 Å². The van der Waals surface area contributed by atoms with Gasteiger partial charge in [-0.3, -0.25) is 0 Å². The predicted molar refractivity (Wildman–Crippen MR) is 97.6 cm³/mol. The van der Waals surface area contributed by atoms with Crippen molar-refractivity contribution in [2.75, 3.05) is 13.2 Å². The topological polar surface area (TPSA) is 21.3 Å². The lowest BCUT2D eigenvalue weighted by atomic mass is 9.53. The van der Waals surface area contributed by atoms with Crippen LogP contribution in [-0.4, -0.2) is 19.2 Å². The number of ether oxygens (including phenoxy) is 1. The van der Waals surface area contributed by atoms with Crippen molar-refractivity contribution in [1.29, 1.82) is 0 Å². The quantitative estimate of drug-likeness (QED) is 0.873. The van der Waals surface area contributed by atoms with Crippen molar-refractivity contribution in [3.05, 3.63) is 29.3 Å². The number of piperidine rings is 1. The summed E-state index contributed by atoms with van der Waals surface area (Å²) in [6, 6.07) is 7.77. The predicted octanol–water partition coefficient (Wildman–Crippen LogP) is 4.60. The smallest absolute Gasteiger partial charge is 0.119 e. The monoisotopic (exact) mass is 325 g/mol. The molecule has 1 saturated heterocycles. The molecule has 0 unspecified atom stereocenters. The fraction of sp³-hybridized carbons (Fsp3) is 0.727. The highest BCUT2D eigenvalue weighted by Crippen LogP contribution is 2.54. The van der Waals surface area contributed by atoms with Gasteiger partial charge in [-0.2, -0.15) is 0 Å². The number of benzene rings is 1. The summed E-state index contributed by atoms with van der Waals surface area (Å²) >= 11 is 0. The standard InChI is InChI=1S/C22H31NO/c1-2-10-22-11-12-23-21(19(22)6-1)14-17-7-8-18(15-20(17)22)24-13-9-16-4-3-5-16/h7-8,15-16,19,21,23H,1-6,9-14H2/t19-,21+,22+/m0/s1.